The van der Waals surface area contributed by atoms with Crippen LogP contribution in [0.3, 0.4) is 0 Å². The van der Waals surface area contributed by atoms with Gasteiger partial charge >= 0.3 is 12.3 Å². The third kappa shape index (κ3) is 11.9. The van der Waals surface area contributed by atoms with Crippen molar-refractivity contribution in [2.45, 2.75) is 110 Å². The lowest BCUT2D eigenvalue weighted by atomic mass is 9.94. The number of aliphatic hydroxyl groups excluding tert-OH is 1. The molecule has 6 unspecified atom stereocenters. The molecule has 7 rings (SSSR count). The summed E-state index contributed by atoms with van der Waals surface area (Å²) in [5.41, 5.74) is -1.40. The predicted octanol–water partition coefficient (Wildman–Crippen LogP) is 7.02. The minimum Gasteiger partial charge on any atom is -0.453 e. The number of aromatic amines is 1. The number of nitrogens with zero attached hydrogens (tertiary/aromatic N) is 6. The molecule has 0 bridgehead atoms. The number of likely N-dealkylation sites (tertiary alicyclic amines) is 2. The molecule has 4 amide bonds. The van der Waals surface area contributed by atoms with Gasteiger partial charge in [0.25, 0.3) is 5.91 Å². The number of imidazole rings is 1. The maximum atomic E-state index is 15.7. The molecule has 3 aliphatic rings. The summed E-state index contributed by atoms with van der Waals surface area (Å²) in [5, 5.41) is 17.8. The van der Waals surface area contributed by atoms with Gasteiger partial charge in [0.1, 0.15) is 23.5 Å². The Bertz CT molecular complexity index is 2560. The lowest BCUT2D eigenvalue weighted by Crippen LogP contribution is -2.61. The van der Waals surface area contributed by atoms with Crippen molar-refractivity contribution in [2.75, 3.05) is 63.7 Å². The van der Waals surface area contributed by atoms with Crippen molar-refractivity contribution in [1.82, 2.24) is 40.3 Å². The lowest BCUT2D eigenvalue weighted by Gasteiger charge is -2.46. The van der Waals surface area contributed by atoms with Gasteiger partial charge in [-0.3, -0.25) is 24.6 Å². The van der Waals surface area contributed by atoms with Crippen LogP contribution in [0.1, 0.15) is 95.0 Å². The number of aromatic nitrogens is 3. The number of anilines is 2. The molecule has 390 valence electrons. The van der Waals surface area contributed by atoms with E-state index in [2.05, 4.69) is 47.6 Å². The zero-order valence-electron chi connectivity index (χ0n) is 42.0. The van der Waals surface area contributed by atoms with Crippen LogP contribution in [0.2, 0.25) is 0 Å². The number of nitrogens with one attached hydrogen (secondary N) is 4. The topological polar surface area (TPSA) is 198 Å². The molecule has 0 radical (unpaired) electrons. The molecule has 3 saturated heterocycles. The summed E-state index contributed by atoms with van der Waals surface area (Å²) in [6.45, 7) is 15.2. The lowest BCUT2D eigenvalue weighted by molar-refractivity contribution is -0.145. The smallest absolute Gasteiger partial charge is 0.417 e. The number of H-pyrrole nitrogens is 1. The number of amides is 4. The van der Waals surface area contributed by atoms with Crippen molar-refractivity contribution in [2.24, 2.45) is 11.8 Å². The van der Waals surface area contributed by atoms with Crippen LogP contribution in [-0.2, 0) is 25.2 Å². The summed E-state index contributed by atoms with van der Waals surface area (Å²) in [5.74, 6) is -1.43. The molecule has 17 nitrogen and oxygen atoms in total. The van der Waals surface area contributed by atoms with Crippen molar-refractivity contribution in [1.29, 1.82) is 0 Å². The first-order valence-corrected chi connectivity index (χ1v) is 24.4. The largest absolute Gasteiger partial charge is 0.453 e. The summed E-state index contributed by atoms with van der Waals surface area (Å²) < 4.78 is 69.4. The third-order valence-corrected chi connectivity index (χ3v) is 14.1. The highest BCUT2D eigenvalue weighted by Crippen LogP contribution is 2.41. The summed E-state index contributed by atoms with van der Waals surface area (Å²) in [7, 11) is 2.59. The Morgan fingerprint density at radius 3 is 2.24 bits per heavy atom. The number of aliphatic hydroxyl groups is 1. The Morgan fingerprint density at radius 1 is 0.903 bits per heavy atom. The van der Waals surface area contributed by atoms with Gasteiger partial charge in [-0.05, 0) is 92.3 Å². The van der Waals surface area contributed by atoms with E-state index in [1.807, 2.05) is 39.5 Å². The van der Waals surface area contributed by atoms with E-state index in [-0.39, 0.29) is 46.9 Å². The molecule has 4 aromatic rings. The minimum absolute atomic E-state index is 0.0101. The van der Waals surface area contributed by atoms with Crippen molar-refractivity contribution in [3.8, 4) is 22.4 Å². The molecule has 5 N–H and O–H groups in total. The highest BCUT2D eigenvalue weighted by atomic mass is 19.4. The molecule has 6 atom stereocenters. The molecule has 0 aliphatic carbocycles. The first kappa shape index (κ1) is 53.6. The van der Waals surface area contributed by atoms with Gasteiger partial charge in [0.15, 0.2) is 0 Å². The third-order valence-electron chi connectivity index (χ3n) is 14.1. The minimum atomic E-state index is -4.91. The van der Waals surface area contributed by atoms with Gasteiger partial charge in [0.05, 0.1) is 53.4 Å². The number of methoxy groups -OCH3 is 2. The Labute approximate surface area is 417 Å². The Morgan fingerprint density at radius 2 is 1.61 bits per heavy atom. The van der Waals surface area contributed by atoms with Crippen molar-refractivity contribution >= 4 is 35.3 Å². The monoisotopic (exact) mass is 1010 g/mol. The predicted molar refractivity (Wildman–Crippen MR) is 262 cm³/mol. The first-order valence-electron chi connectivity index (χ1n) is 24.4. The van der Waals surface area contributed by atoms with Crippen LogP contribution in [-0.4, -0.2) is 142 Å². The Kier molecular flexibility index (Phi) is 16.6. The molecule has 3 aliphatic heterocycles. The Balaban J connectivity index is 0.984. The normalized spacial score (nSPS) is 21.0. The average molecular weight is 1010 g/mol. The fourth-order valence-electron chi connectivity index (χ4n) is 10.2. The molecule has 72 heavy (non-hydrogen) atoms. The zero-order valence-corrected chi connectivity index (χ0v) is 42.0. The highest BCUT2D eigenvalue weighted by Gasteiger charge is 2.45. The molecule has 0 spiro atoms. The molecule has 2 aromatic heterocycles. The molecule has 3 fully saturated rings. The number of rotatable bonds is 16. The fourth-order valence-corrected chi connectivity index (χ4v) is 10.2. The summed E-state index contributed by atoms with van der Waals surface area (Å²) in [6, 6.07) is 8.75. The molecular weight excluding hydrogens is 941 g/mol. The van der Waals surface area contributed by atoms with Gasteiger partial charge in [-0.25, -0.2) is 19.2 Å². The second-order valence-corrected chi connectivity index (χ2v) is 19.9. The van der Waals surface area contributed by atoms with Gasteiger partial charge in [-0.2, -0.15) is 13.2 Å². The number of alkyl halides is 3. The fraction of sp³-hybridized carbons (Fsp3) is 0.529. The van der Waals surface area contributed by atoms with Gasteiger partial charge < -0.3 is 44.9 Å². The zero-order chi connectivity index (χ0) is 52.2. The molecule has 5 heterocycles. The van der Waals surface area contributed by atoms with E-state index in [0.29, 0.717) is 74.7 Å². The summed E-state index contributed by atoms with van der Waals surface area (Å²) >= 11 is 0. The molecule has 0 saturated carbocycles. The van der Waals surface area contributed by atoms with E-state index < -0.39 is 64.8 Å². The van der Waals surface area contributed by atoms with Crippen molar-refractivity contribution in [3.63, 3.8) is 0 Å². The van der Waals surface area contributed by atoms with Crippen LogP contribution in [0.15, 0.2) is 60.9 Å². The van der Waals surface area contributed by atoms with Crippen LogP contribution in [0.25, 0.3) is 22.4 Å². The highest BCUT2D eigenvalue weighted by molar-refractivity contribution is 6.04. The van der Waals surface area contributed by atoms with Crippen LogP contribution < -0.4 is 20.9 Å². The van der Waals surface area contributed by atoms with Gasteiger partial charge in [-0.15, -0.1) is 0 Å². The van der Waals surface area contributed by atoms with Gasteiger partial charge in [0, 0.05) is 58.6 Å². The quantitative estimate of drug-likeness (QED) is 0.0569. The van der Waals surface area contributed by atoms with E-state index in [9.17, 15) is 37.5 Å². The SMILES string of the molecule is COC(=O)NC(C(=O)N1CCCC1(C)CN1CCN(c2ccc(C(=O)Nc3cc(C(F)(F)F)c(-c4ccc(-c5cnc(C6CCCN6C(=O)C(NC(O)OC)C(C)C)[nH]5)cc4)cc3F)cn2)C(C)C1)C(C)C. The van der Waals surface area contributed by atoms with Crippen LogP contribution in [0, 0.1) is 17.7 Å². The second-order valence-electron chi connectivity index (χ2n) is 19.9. The molecule has 21 heteroatoms. The van der Waals surface area contributed by atoms with E-state index in [1.54, 1.807) is 29.3 Å². The number of pyridine rings is 1. The standard InChI is InChI=1S/C51H66F4N10O7/c1-29(2)42(60-48(69)71-7)46(67)64-19-9-11-40(64)44-57-26-39(58-44)33-14-12-32(13-15-33)35-23-37(52)38(24-36(35)51(53,54)55)59-45(66)34-16-17-41(56-25-34)63-22-21-62(27-31(63)5)28-50(6)18-10-20-65(50)47(68)43(30(3)4)61-49(70)72-8/h12-17,23-26,29-31,40,42-43,48,60,69H,9-11,18-22,27-28H2,1-8H3,(H,57,58)(H,59,66)(H,61,70). The van der Waals surface area contributed by atoms with Crippen molar-refractivity contribution < 1.29 is 51.3 Å². The summed E-state index contributed by atoms with van der Waals surface area (Å²) in [4.78, 5) is 73.1. The van der Waals surface area contributed by atoms with Gasteiger partial charge in [0.2, 0.25) is 18.2 Å². The molecular formula is C51H66F4N10O7. The maximum Gasteiger partial charge on any atom is 0.417 e. The van der Waals surface area contributed by atoms with E-state index in [4.69, 9.17) is 9.47 Å². The van der Waals surface area contributed by atoms with Crippen LogP contribution in [0.4, 0.5) is 33.9 Å². The Hall–Kier alpha value is -6.16. The maximum absolute atomic E-state index is 15.7. The number of carbonyl (C=O) groups is 4. The van der Waals surface area contributed by atoms with E-state index in [0.717, 1.165) is 25.3 Å². The second kappa shape index (κ2) is 22.3. The number of benzene rings is 2. The number of piperazine rings is 1. The number of hydrogen-bond acceptors (Lipinski definition) is 12. The first-order chi connectivity index (χ1) is 34.1. The van der Waals surface area contributed by atoms with Crippen molar-refractivity contribution in [3.05, 3.63) is 83.7 Å². The number of hydrogen-bond donors (Lipinski definition) is 5. The number of halogens is 4. The van der Waals surface area contributed by atoms with E-state index >= 15 is 4.39 Å². The van der Waals surface area contributed by atoms with Gasteiger partial charge in [-0.1, -0.05) is 52.0 Å². The number of carbonyl (C=O) groups excluding carboxylic acids is 4. The average Bonchev–Trinajstić information content (AvgIpc) is 4.13. The molecule has 2 aromatic carbocycles. The van der Waals surface area contributed by atoms with Crippen LogP contribution in [0.5, 0.6) is 0 Å². The van der Waals surface area contributed by atoms with Crippen LogP contribution >= 0.6 is 0 Å². The van der Waals surface area contributed by atoms with E-state index in [1.165, 1.54) is 38.6 Å². The number of ether oxygens (including phenoxy) is 2. The summed E-state index contributed by atoms with van der Waals surface area (Å²) in [6.07, 6.45) is -0.968. The number of alkyl carbamates (subject to hydrolysis) is 1.